The lowest BCUT2D eigenvalue weighted by Gasteiger charge is -2.10. The smallest absolute Gasteiger partial charge is 0.269 e. The van der Waals surface area contributed by atoms with Gasteiger partial charge in [-0.05, 0) is 48.5 Å². The second-order valence-electron chi connectivity index (χ2n) is 6.32. The average molecular weight is 258 g/mol. The van der Waals surface area contributed by atoms with Crippen molar-refractivity contribution in [2.45, 2.75) is 31.8 Å². The summed E-state index contributed by atoms with van der Waals surface area (Å²) in [5.74, 6) is 3.86. The molecule has 100 valence electrons. The van der Waals surface area contributed by atoms with E-state index in [1.54, 1.807) is 12.1 Å². The molecular weight excluding hydrogens is 240 g/mol. The molecule has 0 heterocycles. The quantitative estimate of drug-likeness (QED) is 0.667. The third kappa shape index (κ3) is 1.77. The Labute approximate surface area is 112 Å². The molecule has 0 saturated heterocycles. The Kier molecular flexibility index (Phi) is 2.42. The summed E-state index contributed by atoms with van der Waals surface area (Å²) in [6, 6.07) is 7.63. The molecule has 0 aromatic heterocycles. The first-order valence-electron chi connectivity index (χ1n) is 7.21. The van der Waals surface area contributed by atoms with E-state index < -0.39 is 0 Å². The maximum Gasteiger partial charge on any atom is 0.269 e. The molecule has 3 fully saturated rings. The van der Waals surface area contributed by atoms with Crippen molar-refractivity contribution in [3.05, 3.63) is 39.9 Å². The molecule has 4 nitrogen and oxygen atoms in total. The van der Waals surface area contributed by atoms with Gasteiger partial charge in [0.05, 0.1) is 4.92 Å². The highest BCUT2D eigenvalue weighted by atomic mass is 16.6. The maximum atomic E-state index is 10.6. The number of nitro groups is 1. The van der Waals surface area contributed by atoms with Crippen LogP contribution in [0, 0.1) is 33.8 Å². The number of nitro benzene ring substituents is 1. The minimum Gasteiger partial charge on any atom is -0.309 e. The minimum atomic E-state index is -0.347. The van der Waals surface area contributed by atoms with E-state index in [1.165, 1.54) is 19.3 Å². The van der Waals surface area contributed by atoms with E-state index in [4.69, 9.17) is 0 Å². The van der Waals surface area contributed by atoms with Crippen molar-refractivity contribution >= 4 is 5.69 Å². The maximum absolute atomic E-state index is 10.6. The van der Waals surface area contributed by atoms with Gasteiger partial charge in [-0.2, -0.15) is 0 Å². The molecule has 1 aromatic rings. The summed E-state index contributed by atoms with van der Waals surface area (Å²) in [5.41, 5.74) is 1.31. The van der Waals surface area contributed by atoms with Crippen LogP contribution in [0.1, 0.15) is 24.8 Å². The molecular formula is C15H18N2O2. The second kappa shape index (κ2) is 4.04. The number of nitrogens with one attached hydrogen (secondary N) is 1. The van der Waals surface area contributed by atoms with Crippen molar-refractivity contribution in [1.29, 1.82) is 0 Å². The van der Waals surface area contributed by atoms with Gasteiger partial charge in [-0.1, -0.05) is 12.1 Å². The molecule has 3 aliphatic rings. The normalized spacial score (nSPS) is 38.2. The number of nitrogens with zero attached hydrogens (tertiary/aromatic N) is 1. The molecule has 0 spiro atoms. The van der Waals surface area contributed by atoms with Crippen molar-refractivity contribution in [3.63, 3.8) is 0 Å². The molecule has 3 aliphatic carbocycles. The van der Waals surface area contributed by atoms with Crippen LogP contribution in [0.2, 0.25) is 0 Å². The zero-order valence-electron chi connectivity index (χ0n) is 10.8. The van der Waals surface area contributed by atoms with E-state index in [-0.39, 0.29) is 10.6 Å². The summed E-state index contributed by atoms with van der Waals surface area (Å²) in [7, 11) is 0. The Balaban J connectivity index is 1.35. The second-order valence-corrected chi connectivity index (χ2v) is 6.32. The van der Waals surface area contributed by atoms with Crippen molar-refractivity contribution < 1.29 is 4.92 Å². The number of fused-ring (bicyclic) bond motifs is 5. The average Bonchev–Trinajstić information content (AvgIpc) is 2.80. The van der Waals surface area contributed by atoms with Crippen LogP contribution in [0.4, 0.5) is 5.69 Å². The summed E-state index contributed by atoms with van der Waals surface area (Å²) in [6.45, 7) is 0.842. The SMILES string of the molecule is O=[N+]([O-])c1ccc(CNC2C3C4CCC(C4)C23)cc1. The molecule has 3 saturated carbocycles. The van der Waals surface area contributed by atoms with Crippen molar-refractivity contribution in [3.8, 4) is 0 Å². The summed E-state index contributed by atoms with van der Waals surface area (Å²) in [4.78, 5) is 10.2. The predicted octanol–water partition coefficient (Wildman–Crippen LogP) is 2.73. The molecule has 4 unspecified atom stereocenters. The number of rotatable bonds is 4. The van der Waals surface area contributed by atoms with Gasteiger partial charge in [0.2, 0.25) is 0 Å². The third-order valence-electron chi connectivity index (χ3n) is 5.42. The summed E-state index contributed by atoms with van der Waals surface area (Å²) >= 11 is 0. The van der Waals surface area contributed by atoms with Gasteiger partial charge in [0.25, 0.3) is 5.69 Å². The lowest BCUT2D eigenvalue weighted by atomic mass is 10.0. The number of non-ortho nitro benzene ring substituents is 1. The highest BCUT2D eigenvalue weighted by Gasteiger charge is 2.64. The topological polar surface area (TPSA) is 55.2 Å². The van der Waals surface area contributed by atoms with E-state index in [0.29, 0.717) is 0 Å². The molecule has 4 atom stereocenters. The van der Waals surface area contributed by atoms with Gasteiger partial charge in [-0.25, -0.2) is 0 Å². The highest BCUT2D eigenvalue weighted by Crippen LogP contribution is 2.65. The fraction of sp³-hybridized carbons (Fsp3) is 0.600. The third-order valence-corrected chi connectivity index (χ3v) is 5.42. The van der Waals surface area contributed by atoms with E-state index in [2.05, 4.69) is 5.32 Å². The first-order chi connectivity index (χ1) is 9.24. The first kappa shape index (κ1) is 11.4. The lowest BCUT2D eigenvalue weighted by Crippen LogP contribution is -2.22. The van der Waals surface area contributed by atoms with Gasteiger partial charge in [0.15, 0.2) is 0 Å². The summed E-state index contributed by atoms with van der Waals surface area (Å²) in [5, 5.41) is 14.2. The summed E-state index contributed by atoms with van der Waals surface area (Å²) in [6.07, 6.45) is 4.37. The van der Waals surface area contributed by atoms with Gasteiger partial charge >= 0.3 is 0 Å². The molecule has 2 bridgehead atoms. The van der Waals surface area contributed by atoms with Crippen LogP contribution in [0.3, 0.4) is 0 Å². The van der Waals surface area contributed by atoms with Crippen LogP contribution in [-0.4, -0.2) is 11.0 Å². The highest BCUT2D eigenvalue weighted by molar-refractivity contribution is 5.33. The van der Waals surface area contributed by atoms with E-state index in [1.807, 2.05) is 12.1 Å². The van der Waals surface area contributed by atoms with Crippen molar-refractivity contribution in [2.24, 2.45) is 23.7 Å². The van der Waals surface area contributed by atoms with Crippen molar-refractivity contribution in [2.75, 3.05) is 0 Å². The molecule has 0 aliphatic heterocycles. The monoisotopic (exact) mass is 258 g/mol. The Bertz CT molecular complexity index is 497. The molecule has 0 amide bonds. The van der Waals surface area contributed by atoms with Crippen LogP contribution in [0.25, 0.3) is 0 Å². The van der Waals surface area contributed by atoms with Crippen molar-refractivity contribution in [1.82, 2.24) is 5.32 Å². The Morgan fingerprint density at radius 1 is 1.16 bits per heavy atom. The fourth-order valence-corrected chi connectivity index (χ4v) is 4.57. The standard InChI is InChI=1S/C15H18N2O2/c18-17(19)12-5-1-9(2-6-12)8-16-15-13-10-3-4-11(7-10)14(13)15/h1-2,5-6,10-11,13-16H,3-4,7-8H2. The van der Waals surface area contributed by atoms with Crippen LogP contribution in [-0.2, 0) is 6.54 Å². The number of hydrogen-bond acceptors (Lipinski definition) is 3. The number of hydrogen-bond donors (Lipinski definition) is 1. The molecule has 19 heavy (non-hydrogen) atoms. The lowest BCUT2D eigenvalue weighted by molar-refractivity contribution is -0.384. The van der Waals surface area contributed by atoms with Gasteiger partial charge in [0.1, 0.15) is 0 Å². The van der Waals surface area contributed by atoms with Crippen LogP contribution in [0.5, 0.6) is 0 Å². The zero-order chi connectivity index (χ0) is 13.0. The van der Waals surface area contributed by atoms with E-state index >= 15 is 0 Å². The fourth-order valence-electron chi connectivity index (χ4n) is 4.57. The van der Waals surface area contributed by atoms with Crippen LogP contribution < -0.4 is 5.32 Å². The van der Waals surface area contributed by atoms with Gasteiger partial charge < -0.3 is 5.32 Å². The Morgan fingerprint density at radius 3 is 2.37 bits per heavy atom. The van der Waals surface area contributed by atoms with Crippen LogP contribution >= 0.6 is 0 Å². The Morgan fingerprint density at radius 2 is 1.79 bits per heavy atom. The Hall–Kier alpha value is -1.42. The molecule has 0 radical (unpaired) electrons. The predicted molar refractivity (Wildman–Crippen MR) is 71.5 cm³/mol. The molecule has 4 heteroatoms. The molecule has 1 N–H and O–H groups in total. The van der Waals surface area contributed by atoms with E-state index in [9.17, 15) is 10.1 Å². The van der Waals surface area contributed by atoms with Crippen LogP contribution in [0.15, 0.2) is 24.3 Å². The largest absolute Gasteiger partial charge is 0.309 e. The molecule has 1 aromatic carbocycles. The minimum absolute atomic E-state index is 0.171. The molecule has 4 rings (SSSR count). The van der Waals surface area contributed by atoms with Gasteiger partial charge in [0, 0.05) is 24.7 Å². The zero-order valence-corrected chi connectivity index (χ0v) is 10.8. The summed E-state index contributed by atoms with van der Waals surface area (Å²) < 4.78 is 0. The van der Waals surface area contributed by atoms with Gasteiger partial charge in [-0.3, -0.25) is 10.1 Å². The number of benzene rings is 1. The first-order valence-corrected chi connectivity index (χ1v) is 7.21. The van der Waals surface area contributed by atoms with E-state index in [0.717, 1.165) is 41.8 Å². The van der Waals surface area contributed by atoms with Gasteiger partial charge in [-0.15, -0.1) is 0 Å².